The summed E-state index contributed by atoms with van der Waals surface area (Å²) in [6.45, 7) is 5.51. The number of sulfonamides is 1. The average molecular weight is 486 g/mol. The third-order valence-electron chi connectivity index (χ3n) is 4.69. The van der Waals surface area contributed by atoms with Crippen LogP contribution in [0.2, 0.25) is 0 Å². The monoisotopic (exact) mass is 485 g/mol. The van der Waals surface area contributed by atoms with Crippen molar-refractivity contribution in [3.05, 3.63) is 82.8 Å². The Morgan fingerprint density at radius 2 is 1.88 bits per heavy atom. The van der Waals surface area contributed by atoms with Crippen molar-refractivity contribution in [2.45, 2.75) is 11.8 Å². The molecule has 8 nitrogen and oxygen atoms in total. The van der Waals surface area contributed by atoms with Crippen LogP contribution in [0.25, 0.3) is 6.08 Å². The first kappa shape index (κ1) is 24.4. The lowest BCUT2D eigenvalue weighted by Gasteiger charge is -2.13. The Morgan fingerprint density at radius 3 is 2.58 bits per heavy atom. The lowest BCUT2D eigenvalue weighted by Crippen LogP contribution is -2.37. The zero-order chi connectivity index (χ0) is 24.0. The molecule has 0 spiro atoms. The Bertz CT molecular complexity index is 1220. The van der Waals surface area contributed by atoms with Crippen LogP contribution in [-0.2, 0) is 14.8 Å². The van der Waals surface area contributed by atoms with Crippen LogP contribution in [0.3, 0.4) is 0 Å². The molecule has 3 amide bonds. The lowest BCUT2D eigenvalue weighted by atomic mass is 10.1. The van der Waals surface area contributed by atoms with Crippen LogP contribution in [-0.4, -0.2) is 50.0 Å². The van der Waals surface area contributed by atoms with Crippen LogP contribution >= 0.6 is 11.8 Å². The minimum Gasteiger partial charge on any atom is -0.350 e. The zero-order valence-corrected chi connectivity index (χ0v) is 19.5. The molecule has 0 saturated carbocycles. The molecule has 1 heterocycles. The molecule has 1 saturated heterocycles. The molecule has 2 aromatic rings. The molecule has 1 fully saturated rings. The number of aryl methyl sites for hydroxylation is 1. The van der Waals surface area contributed by atoms with Gasteiger partial charge in [0.1, 0.15) is 0 Å². The topological polar surface area (TPSA) is 113 Å². The smallest absolute Gasteiger partial charge is 0.293 e. The number of carbonyl (C=O) groups is 3. The molecule has 0 bridgehead atoms. The van der Waals surface area contributed by atoms with Crippen LogP contribution in [0, 0.1) is 6.92 Å². The van der Waals surface area contributed by atoms with Gasteiger partial charge in [-0.05, 0) is 48.5 Å². The van der Waals surface area contributed by atoms with E-state index in [0.29, 0.717) is 4.91 Å². The van der Waals surface area contributed by atoms with Gasteiger partial charge in [-0.2, -0.15) is 0 Å². The lowest BCUT2D eigenvalue weighted by molar-refractivity contribution is -0.122. The highest BCUT2D eigenvalue weighted by Gasteiger charge is 2.34. The Kier molecular flexibility index (Phi) is 7.85. The maximum atomic E-state index is 12.6. The van der Waals surface area contributed by atoms with Crippen LogP contribution in [0.1, 0.15) is 21.5 Å². The highest BCUT2D eigenvalue weighted by atomic mass is 32.2. The predicted molar refractivity (Wildman–Crippen MR) is 128 cm³/mol. The van der Waals surface area contributed by atoms with Gasteiger partial charge in [0, 0.05) is 25.2 Å². The van der Waals surface area contributed by atoms with Gasteiger partial charge in [0.2, 0.25) is 10.0 Å². The number of nitrogens with zero attached hydrogens (tertiary/aromatic N) is 1. The van der Waals surface area contributed by atoms with E-state index in [-0.39, 0.29) is 30.1 Å². The number of nitrogens with one attached hydrogen (secondary N) is 2. The third kappa shape index (κ3) is 6.19. The molecule has 2 N–H and O–H groups in total. The van der Waals surface area contributed by atoms with E-state index in [2.05, 4.69) is 16.6 Å². The Balaban J connectivity index is 1.60. The second-order valence-electron chi connectivity index (χ2n) is 7.17. The third-order valence-corrected chi connectivity index (χ3v) is 7.02. The van der Waals surface area contributed by atoms with Crippen LogP contribution < -0.4 is 10.0 Å². The molecule has 2 aromatic carbocycles. The Hall–Kier alpha value is -3.21. The van der Waals surface area contributed by atoms with E-state index in [1.165, 1.54) is 30.3 Å². The number of amides is 3. The summed E-state index contributed by atoms with van der Waals surface area (Å²) in [5, 5.41) is 2.21. The summed E-state index contributed by atoms with van der Waals surface area (Å²) in [5.74, 6) is -0.931. The molecule has 10 heteroatoms. The molecule has 172 valence electrons. The van der Waals surface area contributed by atoms with Crippen molar-refractivity contribution in [2.75, 3.05) is 19.6 Å². The van der Waals surface area contributed by atoms with Crippen molar-refractivity contribution in [3.8, 4) is 0 Å². The molecule has 0 atom stereocenters. The normalized spacial score (nSPS) is 15.2. The van der Waals surface area contributed by atoms with Crippen molar-refractivity contribution in [1.29, 1.82) is 0 Å². The quantitative estimate of drug-likeness (QED) is 0.417. The molecule has 0 aromatic heterocycles. The van der Waals surface area contributed by atoms with E-state index >= 15 is 0 Å². The number of hydrogen-bond donors (Lipinski definition) is 2. The summed E-state index contributed by atoms with van der Waals surface area (Å²) in [7, 11) is -3.77. The van der Waals surface area contributed by atoms with Gasteiger partial charge in [0.05, 0.1) is 9.80 Å². The largest absolute Gasteiger partial charge is 0.350 e. The average Bonchev–Trinajstić information content (AvgIpc) is 3.06. The fourth-order valence-electron chi connectivity index (χ4n) is 2.95. The summed E-state index contributed by atoms with van der Waals surface area (Å²) in [5.41, 5.74) is 2.05. The van der Waals surface area contributed by atoms with Gasteiger partial charge in [-0.25, -0.2) is 13.1 Å². The molecule has 3 rings (SSSR count). The molecule has 0 aliphatic carbocycles. The Labute approximate surface area is 196 Å². The van der Waals surface area contributed by atoms with E-state index in [9.17, 15) is 22.8 Å². The van der Waals surface area contributed by atoms with Gasteiger partial charge >= 0.3 is 0 Å². The number of rotatable bonds is 9. The highest BCUT2D eigenvalue weighted by molar-refractivity contribution is 8.18. The Morgan fingerprint density at radius 1 is 1.15 bits per heavy atom. The van der Waals surface area contributed by atoms with Crippen molar-refractivity contribution in [1.82, 2.24) is 14.9 Å². The second kappa shape index (κ2) is 10.6. The van der Waals surface area contributed by atoms with Gasteiger partial charge in [-0.15, -0.1) is 6.58 Å². The number of imide groups is 1. The minimum atomic E-state index is -3.77. The molecule has 0 radical (unpaired) electrons. The summed E-state index contributed by atoms with van der Waals surface area (Å²) in [6, 6.07) is 13.1. The van der Waals surface area contributed by atoms with Gasteiger partial charge in [0.25, 0.3) is 17.1 Å². The fraction of sp³-hybridized carbons (Fsp3) is 0.174. The fourth-order valence-corrected chi connectivity index (χ4v) is 4.86. The predicted octanol–water partition coefficient (Wildman–Crippen LogP) is 2.93. The van der Waals surface area contributed by atoms with Crippen LogP contribution in [0.15, 0.2) is 71.0 Å². The van der Waals surface area contributed by atoms with Crippen LogP contribution in [0.4, 0.5) is 4.79 Å². The zero-order valence-electron chi connectivity index (χ0n) is 17.9. The molecule has 1 aliphatic rings. The summed E-state index contributed by atoms with van der Waals surface area (Å²) in [6.07, 6.45) is 3.07. The van der Waals surface area contributed by atoms with Crippen molar-refractivity contribution < 1.29 is 22.8 Å². The van der Waals surface area contributed by atoms with E-state index < -0.39 is 27.1 Å². The van der Waals surface area contributed by atoms with E-state index in [1.54, 1.807) is 6.08 Å². The molecule has 0 unspecified atom stereocenters. The number of hydrogen-bond acceptors (Lipinski definition) is 6. The van der Waals surface area contributed by atoms with Gasteiger partial charge in [0.15, 0.2) is 0 Å². The number of benzene rings is 2. The van der Waals surface area contributed by atoms with Crippen LogP contribution in [0.5, 0.6) is 0 Å². The molecule has 33 heavy (non-hydrogen) atoms. The number of carbonyl (C=O) groups excluding carboxylic acids is 3. The van der Waals surface area contributed by atoms with Crippen molar-refractivity contribution in [2.24, 2.45) is 0 Å². The van der Waals surface area contributed by atoms with E-state index in [4.69, 9.17) is 0 Å². The summed E-state index contributed by atoms with van der Waals surface area (Å²) < 4.78 is 26.8. The maximum Gasteiger partial charge on any atom is 0.293 e. The second-order valence-corrected chi connectivity index (χ2v) is 9.93. The summed E-state index contributed by atoms with van der Waals surface area (Å²) >= 11 is 0.852. The first-order valence-corrected chi connectivity index (χ1v) is 12.3. The first-order valence-electron chi connectivity index (χ1n) is 10.0. The van der Waals surface area contributed by atoms with Gasteiger partial charge in [-0.1, -0.05) is 42.0 Å². The van der Waals surface area contributed by atoms with Crippen molar-refractivity contribution >= 4 is 44.9 Å². The molecular formula is C23H23N3O5S2. The minimum absolute atomic E-state index is 0.000520. The van der Waals surface area contributed by atoms with E-state index in [1.807, 2.05) is 31.2 Å². The maximum absolute atomic E-state index is 12.6. The molecular weight excluding hydrogens is 462 g/mol. The standard InChI is InChI=1S/C23H23N3O5S2/c1-3-11-25-33(30,31)19-6-4-5-18(15-19)21(27)24-12-13-26-22(28)20(32-23(26)29)14-17-9-7-16(2)8-10-17/h3-10,14-15,25H,1,11-13H2,2H3,(H,24,27)/b20-14-. The molecule has 1 aliphatic heterocycles. The SMILES string of the molecule is C=CCNS(=O)(=O)c1cccc(C(=O)NCCN2C(=O)S/C(=C\c3ccc(C)cc3)C2=O)c1. The first-order chi connectivity index (χ1) is 15.7. The van der Waals surface area contributed by atoms with E-state index in [0.717, 1.165) is 27.8 Å². The highest BCUT2D eigenvalue weighted by Crippen LogP contribution is 2.31. The van der Waals surface area contributed by atoms with Crippen molar-refractivity contribution in [3.63, 3.8) is 0 Å². The summed E-state index contributed by atoms with van der Waals surface area (Å²) in [4.78, 5) is 38.7. The van der Waals surface area contributed by atoms with Gasteiger partial charge < -0.3 is 5.32 Å². The van der Waals surface area contributed by atoms with Gasteiger partial charge in [-0.3, -0.25) is 19.3 Å². The number of thioether (sulfide) groups is 1.